The number of aromatic hydroxyl groups is 1. The van der Waals surface area contributed by atoms with E-state index in [1.54, 1.807) is 59.3 Å². The van der Waals surface area contributed by atoms with E-state index in [9.17, 15) is 24.8 Å². The highest BCUT2D eigenvalue weighted by molar-refractivity contribution is 6.13. The molecule has 1 fully saturated rings. The second kappa shape index (κ2) is 15.6. The van der Waals surface area contributed by atoms with Gasteiger partial charge in [-0.05, 0) is 60.7 Å². The number of nitro groups is 1. The third-order valence-electron chi connectivity index (χ3n) is 9.68. The van der Waals surface area contributed by atoms with Gasteiger partial charge in [-0.15, -0.1) is 10.2 Å². The van der Waals surface area contributed by atoms with Crippen molar-refractivity contribution in [1.29, 1.82) is 0 Å². The van der Waals surface area contributed by atoms with Gasteiger partial charge in [0.05, 0.1) is 22.8 Å². The zero-order valence-electron chi connectivity index (χ0n) is 29.9. The zero-order chi connectivity index (χ0) is 38.6. The molecule has 4 aromatic carbocycles. The van der Waals surface area contributed by atoms with Gasteiger partial charge >= 0.3 is 5.91 Å². The van der Waals surface area contributed by atoms with Crippen LogP contribution in [0.3, 0.4) is 0 Å². The normalized spacial score (nSPS) is 13.4. The minimum absolute atomic E-state index is 0.0525. The van der Waals surface area contributed by atoms with Crippen molar-refractivity contribution in [2.24, 2.45) is 10.2 Å². The molecule has 0 aliphatic carbocycles. The number of aromatic nitrogens is 3. The topological polar surface area (TPSA) is 169 Å². The van der Waals surface area contributed by atoms with Crippen molar-refractivity contribution in [3.8, 4) is 22.9 Å². The van der Waals surface area contributed by atoms with E-state index in [0.29, 0.717) is 66.5 Å². The summed E-state index contributed by atoms with van der Waals surface area (Å²) in [5.41, 5.74) is 4.62. The van der Waals surface area contributed by atoms with E-state index in [4.69, 9.17) is 9.72 Å². The predicted molar refractivity (Wildman–Crippen MR) is 210 cm³/mol. The summed E-state index contributed by atoms with van der Waals surface area (Å²) in [4.78, 5) is 50.6. The van der Waals surface area contributed by atoms with Crippen LogP contribution in [0.1, 0.15) is 15.9 Å². The number of carbonyl (C=O) groups is 2. The molecule has 0 saturated carbocycles. The number of anilines is 1. The van der Waals surface area contributed by atoms with E-state index in [2.05, 4.69) is 25.0 Å². The highest BCUT2D eigenvalue weighted by Crippen LogP contribution is 2.39. The van der Waals surface area contributed by atoms with Gasteiger partial charge in [0, 0.05) is 77.7 Å². The number of azo groups is 1. The number of rotatable bonds is 11. The molecule has 1 amide bonds. The van der Waals surface area contributed by atoms with Crippen LogP contribution in [0.5, 0.6) is 11.6 Å². The summed E-state index contributed by atoms with van der Waals surface area (Å²) < 4.78 is 7.42. The van der Waals surface area contributed by atoms with Gasteiger partial charge in [0.15, 0.2) is 23.7 Å². The molecule has 278 valence electrons. The van der Waals surface area contributed by atoms with Crippen molar-refractivity contribution in [2.75, 3.05) is 37.7 Å². The van der Waals surface area contributed by atoms with Crippen LogP contribution >= 0.6 is 0 Å². The molecule has 7 aromatic rings. The monoisotopic (exact) mass is 746 g/mol. The molecule has 14 heteroatoms. The smallest absolute Gasteiger partial charge is 0.302 e. The summed E-state index contributed by atoms with van der Waals surface area (Å²) in [6.07, 6.45) is 1.67. The highest BCUT2D eigenvalue weighted by atomic mass is 16.6. The maximum absolute atomic E-state index is 13.8. The van der Waals surface area contributed by atoms with Crippen LogP contribution in [-0.2, 0) is 11.5 Å². The number of hydrogen-bond donors (Lipinski definition) is 1. The molecular formula is C42H34N8O6. The number of amides is 1. The van der Waals surface area contributed by atoms with Crippen molar-refractivity contribution >= 4 is 50.7 Å². The third kappa shape index (κ3) is 7.41. The Hall–Kier alpha value is -7.32. The first-order valence-electron chi connectivity index (χ1n) is 17.9. The first-order chi connectivity index (χ1) is 27.3. The molecule has 4 heterocycles. The van der Waals surface area contributed by atoms with Crippen molar-refractivity contribution in [3.63, 3.8) is 0 Å². The lowest BCUT2D eigenvalue weighted by Crippen LogP contribution is -2.46. The van der Waals surface area contributed by atoms with E-state index in [-0.39, 0.29) is 23.0 Å². The fraction of sp³-hybridized carbons (Fsp3) is 0.143. The van der Waals surface area contributed by atoms with E-state index in [0.717, 1.165) is 22.2 Å². The standard InChI is InChI=1S/C42H34N8O6/c51-37(26-56-33-18-12-29(13-19-33)40(52)35-25-30-9-6-20-43-41(30)44-38(35)28-7-2-1-3-8-28)45-46-39-34-10-4-5-11-36(34)49(42(39)53)27-47-21-23-48(24-22-47)31-14-16-32(17-15-31)50(54)55/h1-20,25,53H,21-24,26-27H2. The number of para-hydroxylation sites is 1. The van der Waals surface area contributed by atoms with E-state index in [1.807, 2.05) is 60.7 Å². The Morgan fingerprint density at radius 1 is 0.857 bits per heavy atom. The number of benzene rings is 4. The van der Waals surface area contributed by atoms with Gasteiger partial charge in [0.1, 0.15) is 5.75 Å². The number of ether oxygens (including phenoxy) is 1. The molecule has 1 aliphatic rings. The molecule has 14 nitrogen and oxygen atoms in total. The maximum Gasteiger partial charge on any atom is 0.302 e. The molecule has 1 saturated heterocycles. The number of hydrogen-bond acceptors (Lipinski definition) is 11. The number of pyridine rings is 2. The molecule has 1 aliphatic heterocycles. The Labute approximate surface area is 320 Å². The van der Waals surface area contributed by atoms with Crippen LogP contribution in [0.15, 0.2) is 138 Å². The summed E-state index contributed by atoms with van der Waals surface area (Å²) in [5, 5.41) is 31.7. The Balaban J connectivity index is 0.912. The second-order valence-electron chi connectivity index (χ2n) is 13.2. The van der Waals surface area contributed by atoms with Gasteiger partial charge in [-0.1, -0.05) is 48.5 Å². The minimum atomic E-state index is -0.660. The lowest BCUT2D eigenvalue weighted by Gasteiger charge is -2.36. The lowest BCUT2D eigenvalue weighted by molar-refractivity contribution is -0.384. The van der Waals surface area contributed by atoms with Crippen LogP contribution < -0.4 is 9.64 Å². The van der Waals surface area contributed by atoms with Gasteiger partial charge < -0.3 is 14.7 Å². The highest BCUT2D eigenvalue weighted by Gasteiger charge is 2.23. The zero-order valence-corrected chi connectivity index (χ0v) is 29.9. The van der Waals surface area contributed by atoms with Gasteiger partial charge in [0.2, 0.25) is 5.88 Å². The molecular weight excluding hydrogens is 713 g/mol. The summed E-state index contributed by atoms with van der Waals surface area (Å²) in [5.74, 6) is -0.633. The first-order valence-corrected chi connectivity index (χ1v) is 17.9. The van der Waals surface area contributed by atoms with Crippen LogP contribution in [0.25, 0.3) is 33.2 Å². The van der Waals surface area contributed by atoms with E-state index < -0.39 is 17.4 Å². The SMILES string of the molecule is O=C(COc1ccc(C(=O)c2cc3cccnc3nc2-c2ccccc2)cc1)N=Nc1c(O)n(CN2CCN(c3ccc([N+](=O)[O-])cc3)CC2)c2ccccc12. The second-order valence-corrected chi connectivity index (χ2v) is 13.2. The van der Waals surface area contributed by atoms with Gasteiger partial charge in [-0.25, -0.2) is 9.97 Å². The number of carbonyl (C=O) groups excluding carboxylic acids is 2. The Morgan fingerprint density at radius 2 is 1.59 bits per heavy atom. The molecule has 0 unspecified atom stereocenters. The molecule has 0 bridgehead atoms. The summed E-state index contributed by atoms with van der Waals surface area (Å²) >= 11 is 0. The summed E-state index contributed by atoms with van der Waals surface area (Å²) in [6, 6.07) is 35.3. The third-order valence-corrected chi connectivity index (χ3v) is 9.68. The van der Waals surface area contributed by atoms with Gasteiger partial charge in [-0.3, -0.25) is 29.2 Å². The number of nitrogens with zero attached hydrogens (tertiary/aromatic N) is 8. The van der Waals surface area contributed by atoms with Crippen LogP contribution in [0.4, 0.5) is 17.1 Å². The molecule has 56 heavy (non-hydrogen) atoms. The lowest BCUT2D eigenvalue weighted by atomic mass is 9.97. The summed E-state index contributed by atoms with van der Waals surface area (Å²) in [7, 11) is 0. The number of piperazine rings is 1. The predicted octanol–water partition coefficient (Wildman–Crippen LogP) is 7.57. The maximum atomic E-state index is 13.8. The number of ketones is 1. The molecule has 0 spiro atoms. The van der Waals surface area contributed by atoms with Gasteiger partial charge in [-0.2, -0.15) is 0 Å². The average Bonchev–Trinajstić information content (AvgIpc) is 3.51. The van der Waals surface area contributed by atoms with Crippen LogP contribution in [0, 0.1) is 10.1 Å². The fourth-order valence-electron chi connectivity index (χ4n) is 6.78. The Morgan fingerprint density at radius 3 is 2.34 bits per heavy atom. The van der Waals surface area contributed by atoms with Crippen molar-refractivity contribution in [1.82, 2.24) is 19.4 Å². The fourth-order valence-corrected chi connectivity index (χ4v) is 6.78. The molecule has 0 radical (unpaired) electrons. The van der Waals surface area contributed by atoms with Crippen molar-refractivity contribution in [2.45, 2.75) is 6.67 Å². The van der Waals surface area contributed by atoms with E-state index in [1.165, 1.54) is 12.1 Å². The minimum Gasteiger partial charge on any atom is -0.493 e. The Bertz CT molecular complexity index is 2600. The number of non-ortho nitro benzene ring substituents is 1. The summed E-state index contributed by atoms with van der Waals surface area (Å²) in [6.45, 7) is 2.76. The average molecular weight is 747 g/mol. The molecule has 8 rings (SSSR count). The van der Waals surface area contributed by atoms with Crippen molar-refractivity contribution in [3.05, 3.63) is 149 Å². The molecule has 3 aromatic heterocycles. The van der Waals surface area contributed by atoms with E-state index >= 15 is 0 Å². The number of fused-ring (bicyclic) bond motifs is 2. The molecule has 0 atom stereocenters. The quantitative estimate of drug-likeness (QED) is 0.0603. The Kier molecular flexibility index (Phi) is 9.93. The van der Waals surface area contributed by atoms with Crippen LogP contribution in [0.2, 0.25) is 0 Å². The molecule has 1 N–H and O–H groups in total. The van der Waals surface area contributed by atoms with Gasteiger partial charge in [0.25, 0.3) is 5.69 Å². The number of nitro benzene ring substituents is 1. The van der Waals surface area contributed by atoms with Crippen LogP contribution in [-0.4, -0.2) is 73.9 Å². The van der Waals surface area contributed by atoms with Crippen molar-refractivity contribution < 1.29 is 24.4 Å². The largest absolute Gasteiger partial charge is 0.493 e. The first kappa shape index (κ1) is 35.7.